The highest BCUT2D eigenvalue weighted by molar-refractivity contribution is 5.14. The lowest BCUT2D eigenvalue weighted by atomic mass is 10.4. The summed E-state index contributed by atoms with van der Waals surface area (Å²) in [5.74, 6) is 0.130. The minimum atomic E-state index is -0.469. The minimum Gasteiger partial charge on any atom is -0.391 e. The summed E-state index contributed by atoms with van der Waals surface area (Å²) >= 11 is 0. The molecule has 0 spiro atoms. The first-order valence-corrected chi connectivity index (χ1v) is 3.20. The third-order valence-corrected chi connectivity index (χ3v) is 1.09. The molecule has 1 rings (SSSR count). The van der Waals surface area contributed by atoms with Gasteiger partial charge >= 0.3 is 0 Å². The second-order valence-electron chi connectivity index (χ2n) is 2.25. The van der Waals surface area contributed by atoms with Gasteiger partial charge in [0.15, 0.2) is 0 Å². The van der Waals surface area contributed by atoms with Gasteiger partial charge < -0.3 is 5.11 Å². The Bertz CT molecular complexity index is 222. The third-order valence-electron chi connectivity index (χ3n) is 1.09. The Morgan fingerprint density at radius 3 is 3.00 bits per heavy atom. The molecule has 0 aliphatic carbocycles. The van der Waals surface area contributed by atoms with Gasteiger partial charge in [-0.25, -0.2) is 10.2 Å². The van der Waals surface area contributed by atoms with Gasteiger partial charge in [-0.15, -0.1) is 5.10 Å². The fraction of sp³-hybridized carbons (Fsp3) is 0.600. The molecular formula is C5H10N4O2. The Hall–Kier alpha value is -1.14. The van der Waals surface area contributed by atoms with E-state index in [1.807, 2.05) is 0 Å². The number of hydrogen-bond donors (Lipinski definition) is 3. The van der Waals surface area contributed by atoms with Gasteiger partial charge in [0.2, 0.25) is 0 Å². The van der Waals surface area contributed by atoms with Crippen molar-refractivity contribution in [1.82, 2.24) is 14.8 Å². The van der Waals surface area contributed by atoms with Crippen LogP contribution in [0.25, 0.3) is 0 Å². The molecule has 0 radical (unpaired) electrons. The van der Waals surface area contributed by atoms with Gasteiger partial charge in [-0.3, -0.25) is 5.21 Å². The van der Waals surface area contributed by atoms with Gasteiger partial charge in [0.25, 0.3) is 5.95 Å². The molecule has 0 amide bonds. The van der Waals surface area contributed by atoms with Crippen LogP contribution in [0.15, 0.2) is 6.33 Å². The molecule has 0 saturated carbocycles. The van der Waals surface area contributed by atoms with E-state index in [0.717, 1.165) is 0 Å². The van der Waals surface area contributed by atoms with Crippen molar-refractivity contribution in [1.29, 1.82) is 0 Å². The van der Waals surface area contributed by atoms with E-state index in [-0.39, 0.29) is 5.95 Å². The molecule has 1 heterocycles. The topological polar surface area (TPSA) is 83.2 Å². The average Bonchev–Trinajstić information content (AvgIpc) is 2.34. The number of aliphatic hydroxyl groups is 1. The largest absolute Gasteiger partial charge is 0.391 e. The van der Waals surface area contributed by atoms with Crippen molar-refractivity contribution in [2.24, 2.45) is 0 Å². The van der Waals surface area contributed by atoms with Gasteiger partial charge in [0.05, 0.1) is 12.6 Å². The van der Waals surface area contributed by atoms with E-state index in [0.29, 0.717) is 6.54 Å². The van der Waals surface area contributed by atoms with E-state index in [9.17, 15) is 0 Å². The molecule has 3 N–H and O–H groups in total. The Morgan fingerprint density at radius 1 is 1.82 bits per heavy atom. The number of nitrogens with zero attached hydrogens (tertiary/aromatic N) is 3. The normalized spacial score (nSPS) is 13.0. The third kappa shape index (κ3) is 2.17. The molecule has 1 atom stereocenters. The zero-order valence-corrected chi connectivity index (χ0v) is 6.10. The molecular weight excluding hydrogens is 148 g/mol. The van der Waals surface area contributed by atoms with Crippen LogP contribution >= 0.6 is 0 Å². The monoisotopic (exact) mass is 158 g/mol. The molecule has 0 bridgehead atoms. The molecule has 0 saturated heterocycles. The summed E-state index contributed by atoms with van der Waals surface area (Å²) in [4.78, 5) is 3.67. The van der Waals surface area contributed by atoms with Gasteiger partial charge in [0, 0.05) is 0 Å². The molecule has 0 fully saturated rings. The van der Waals surface area contributed by atoms with E-state index in [2.05, 4.69) is 10.1 Å². The molecule has 6 nitrogen and oxygen atoms in total. The van der Waals surface area contributed by atoms with Crippen molar-refractivity contribution < 1.29 is 10.3 Å². The lowest BCUT2D eigenvalue weighted by Gasteiger charge is -2.01. The molecule has 6 heteroatoms. The van der Waals surface area contributed by atoms with Gasteiger partial charge in [-0.1, -0.05) is 0 Å². The van der Waals surface area contributed by atoms with Gasteiger partial charge in [-0.2, -0.15) is 4.98 Å². The number of rotatable bonds is 3. The Labute approximate surface area is 63.4 Å². The molecule has 62 valence electrons. The van der Waals surface area contributed by atoms with Crippen molar-refractivity contribution in [3.8, 4) is 0 Å². The maximum atomic E-state index is 8.92. The molecule has 11 heavy (non-hydrogen) atoms. The van der Waals surface area contributed by atoms with E-state index in [1.165, 1.54) is 11.0 Å². The van der Waals surface area contributed by atoms with Crippen LogP contribution in [0.1, 0.15) is 6.92 Å². The van der Waals surface area contributed by atoms with Crippen LogP contribution in [-0.2, 0) is 6.54 Å². The van der Waals surface area contributed by atoms with E-state index < -0.39 is 6.10 Å². The maximum Gasteiger partial charge on any atom is 0.265 e. The van der Waals surface area contributed by atoms with Crippen LogP contribution in [0.3, 0.4) is 0 Å². The highest BCUT2D eigenvalue weighted by Gasteiger charge is 2.00. The molecule has 0 aromatic carbocycles. The van der Waals surface area contributed by atoms with E-state index in [1.54, 1.807) is 12.4 Å². The number of hydrogen-bond acceptors (Lipinski definition) is 5. The summed E-state index contributed by atoms with van der Waals surface area (Å²) in [6.07, 6.45) is 0.953. The Balaban J connectivity index is 2.58. The second kappa shape index (κ2) is 3.31. The fourth-order valence-corrected chi connectivity index (χ4v) is 0.705. The van der Waals surface area contributed by atoms with E-state index >= 15 is 0 Å². The minimum absolute atomic E-state index is 0.130. The summed E-state index contributed by atoms with van der Waals surface area (Å²) in [6, 6.07) is 0. The van der Waals surface area contributed by atoms with Crippen molar-refractivity contribution in [2.45, 2.75) is 19.6 Å². The predicted molar refractivity (Wildman–Crippen MR) is 37.1 cm³/mol. The number of aromatic nitrogens is 3. The Morgan fingerprint density at radius 2 is 2.55 bits per heavy atom. The molecule has 1 unspecified atom stereocenters. The number of anilines is 1. The first kappa shape index (κ1) is 7.96. The first-order valence-electron chi connectivity index (χ1n) is 3.20. The van der Waals surface area contributed by atoms with Crippen LogP contribution < -0.4 is 5.48 Å². The van der Waals surface area contributed by atoms with Gasteiger partial charge in [0.1, 0.15) is 6.33 Å². The molecule has 0 aliphatic rings. The standard InChI is InChI=1S/C5H10N4O2/c1-4(10)2-9-3-6-5(7-9)8-11/h3-4,10-11H,2H2,1H3,(H,7,8). The molecule has 1 aromatic heterocycles. The molecule has 0 aliphatic heterocycles. The highest BCUT2D eigenvalue weighted by Crippen LogP contribution is 1.95. The summed E-state index contributed by atoms with van der Waals surface area (Å²) in [7, 11) is 0. The van der Waals surface area contributed by atoms with Crippen LogP contribution in [0.4, 0.5) is 5.95 Å². The quantitative estimate of drug-likeness (QED) is 0.514. The predicted octanol–water partition coefficient (Wildman–Crippen LogP) is -0.540. The zero-order chi connectivity index (χ0) is 8.27. The summed E-state index contributed by atoms with van der Waals surface area (Å²) in [6.45, 7) is 2.02. The van der Waals surface area contributed by atoms with Crippen LogP contribution in [0.2, 0.25) is 0 Å². The van der Waals surface area contributed by atoms with Crippen molar-refractivity contribution in [2.75, 3.05) is 5.48 Å². The first-order chi connectivity index (χ1) is 5.22. The lowest BCUT2D eigenvalue weighted by molar-refractivity contribution is 0.168. The van der Waals surface area contributed by atoms with Crippen LogP contribution in [0.5, 0.6) is 0 Å². The molecule has 1 aromatic rings. The van der Waals surface area contributed by atoms with Crippen LogP contribution in [-0.4, -0.2) is 31.2 Å². The second-order valence-corrected chi connectivity index (χ2v) is 2.25. The highest BCUT2D eigenvalue weighted by atomic mass is 16.5. The lowest BCUT2D eigenvalue weighted by Crippen LogP contribution is -2.12. The van der Waals surface area contributed by atoms with E-state index in [4.69, 9.17) is 10.3 Å². The summed E-state index contributed by atoms with van der Waals surface area (Å²) in [5, 5.41) is 21.0. The van der Waals surface area contributed by atoms with Crippen molar-refractivity contribution in [3.05, 3.63) is 6.33 Å². The van der Waals surface area contributed by atoms with Crippen molar-refractivity contribution in [3.63, 3.8) is 0 Å². The summed E-state index contributed by atoms with van der Waals surface area (Å²) in [5.41, 5.74) is 1.80. The maximum absolute atomic E-state index is 8.92. The van der Waals surface area contributed by atoms with Gasteiger partial charge in [-0.05, 0) is 6.92 Å². The zero-order valence-electron chi connectivity index (χ0n) is 6.10. The average molecular weight is 158 g/mol. The van der Waals surface area contributed by atoms with Crippen molar-refractivity contribution >= 4 is 5.95 Å². The SMILES string of the molecule is CC(O)Cn1cnc(NO)n1. The summed E-state index contributed by atoms with van der Waals surface area (Å²) < 4.78 is 1.43. The smallest absolute Gasteiger partial charge is 0.265 e. The fourth-order valence-electron chi connectivity index (χ4n) is 0.705. The Kier molecular flexibility index (Phi) is 2.40. The van der Waals surface area contributed by atoms with Crippen LogP contribution in [0, 0.1) is 0 Å². The number of nitrogens with one attached hydrogen (secondary N) is 1. The number of aliphatic hydroxyl groups excluding tert-OH is 1.